The number of hydrogen-bond acceptors (Lipinski definition) is 4. The molecule has 1 aromatic heterocycles. The van der Waals surface area contributed by atoms with Gasteiger partial charge in [-0.25, -0.2) is 4.68 Å². The molecular weight excluding hydrogens is 470 g/mol. The first-order chi connectivity index (χ1) is 18.4. The van der Waals surface area contributed by atoms with Gasteiger partial charge in [0.05, 0.1) is 17.9 Å². The summed E-state index contributed by atoms with van der Waals surface area (Å²) < 4.78 is 2.08. The molecular formula is C32H39N5O. The summed E-state index contributed by atoms with van der Waals surface area (Å²) in [5.74, 6) is 1.53. The van der Waals surface area contributed by atoms with Crippen LogP contribution < -0.4 is 4.90 Å². The first kappa shape index (κ1) is 26.0. The first-order valence-corrected chi connectivity index (χ1v) is 13.8. The van der Waals surface area contributed by atoms with E-state index in [-0.39, 0.29) is 5.91 Å². The molecule has 3 aromatic carbocycles. The fourth-order valence-electron chi connectivity index (χ4n) is 5.44. The number of carbonyl (C=O) groups is 1. The van der Waals surface area contributed by atoms with Crippen LogP contribution in [0.4, 0.5) is 5.82 Å². The van der Waals surface area contributed by atoms with Gasteiger partial charge in [0.2, 0.25) is 0 Å². The summed E-state index contributed by atoms with van der Waals surface area (Å²) in [6, 6.07) is 24.6. The zero-order valence-electron chi connectivity index (χ0n) is 23.1. The standard InChI is InChI=1S/C32H39N5O/c1-5-34-17-19-35(20-18-34)31-30(25(4)33-37(31)29-13-7-6-8-14-29)23-36(22-24(2)3)32(38)28-16-15-26-11-9-10-12-27(26)21-28/h6-16,21,24H,5,17-20,22-23H2,1-4H3. The van der Waals surface area contributed by atoms with Gasteiger partial charge >= 0.3 is 0 Å². The van der Waals surface area contributed by atoms with Gasteiger partial charge in [0.25, 0.3) is 5.91 Å². The normalized spacial score (nSPS) is 14.4. The van der Waals surface area contributed by atoms with Gasteiger partial charge in [-0.1, -0.05) is 69.3 Å². The number of anilines is 1. The van der Waals surface area contributed by atoms with Crippen LogP contribution in [0.5, 0.6) is 0 Å². The molecule has 1 fully saturated rings. The predicted molar refractivity (Wildman–Crippen MR) is 156 cm³/mol. The molecule has 0 saturated carbocycles. The Balaban J connectivity index is 1.53. The molecule has 2 heterocycles. The Morgan fingerprint density at radius 2 is 1.61 bits per heavy atom. The molecule has 1 amide bonds. The highest BCUT2D eigenvalue weighted by atomic mass is 16.2. The van der Waals surface area contributed by atoms with Gasteiger partial charge in [0.1, 0.15) is 5.82 Å². The van der Waals surface area contributed by atoms with E-state index in [1.54, 1.807) is 0 Å². The van der Waals surface area contributed by atoms with Crippen LogP contribution in [0, 0.1) is 12.8 Å². The van der Waals surface area contributed by atoms with E-state index in [1.165, 1.54) is 0 Å². The minimum absolute atomic E-state index is 0.0677. The lowest BCUT2D eigenvalue weighted by molar-refractivity contribution is 0.0722. The average Bonchev–Trinajstić information content (AvgIpc) is 3.27. The second kappa shape index (κ2) is 11.4. The van der Waals surface area contributed by atoms with Gasteiger partial charge in [-0.2, -0.15) is 5.10 Å². The third-order valence-electron chi connectivity index (χ3n) is 7.50. The summed E-state index contributed by atoms with van der Waals surface area (Å²) in [6.07, 6.45) is 0. The SMILES string of the molecule is CCN1CCN(c2c(CN(CC(C)C)C(=O)c3ccc4ccccc4c3)c(C)nn2-c2ccccc2)CC1. The van der Waals surface area contributed by atoms with Crippen molar-refractivity contribution in [1.82, 2.24) is 19.6 Å². The maximum atomic E-state index is 14.0. The molecule has 0 bridgehead atoms. The number of nitrogens with zero attached hydrogens (tertiary/aromatic N) is 5. The molecule has 1 saturated heterocycles. The summed E-state index contributed by atoms with van der Waals surface area (Å²) >= 11 is 0. The van der Waals surface area contributed by atoms with Crippen molar-refractivity contribution in [2.24, 2.45) is 5.92 Å². The number of hydrogen-bond donors (Lipinski definition) is 0. The van der Waals surface area contributed by atoms with Crippen LogP contribution in [0.25, 0.3) is 16.5 Å². The summed E-state index contributed by atoms with van der Waals surface area (Å²) in [7, 11) is 0. The predicted octanol–water partition coefficient (Wildman–Crippen LogP) is 5.77. The number of aromatic nitrogens is 2. The van der Waals surface area contributed by atoms with Crippen molar-refractivity contribution >= 4 is 22.5 Å². The van der Waals surface area contributed by atoms with Crippen molar-refractivity contribution in [2.45, 2.75) is 34.2 Å². The van der Waals surface area contributed by atoms with Gasteiger partial charge in [-0.3, -0.25) is 4.79 Å². The second-order valence-corrected chi connectivity index (χ2v) is 10.7. The Morgan fingerprint density at radius 3 is 2.29 bits per heavy atom. The van der Waals surface area contributed by atoms with Crippen molar-refractivity contribution in [3.63, 3.8) is 0 Å². The highest BCUT2D eigenvalue weighted by Crippen LogP contribution is 2.30. The summed E-state index contributed by atoms with van der Waals surface area (Å²) in [6.45, 7) is 14.9. The molecule has 198 valence electrons. The molecule has 0 atom stereocenters. The van der Waals surface area contributed by atoms with E-state index in [9.17, 15) is 4.79 Å². The number of likely N-dealkylation sites (N-methyl/N-ethyl adjacent to an activating group) is 1. The zero-order chi connectivity index (χ0) is 26.6. The lowest BCUT2D eigenvalue weighted by Gasteiger charge is -2.36. The highest BCUT2D eigenvalue weighted by Gasteiger charge is 2.28. The minimum atomic E-state index is 0.0677. The van der Waals surface area contributed by atoms with Crippen molar-refractivity contribution in [2.75, 3.05) is 44.2 Å². The van der Waals surface area contributed by atoms with Crippen LogP contribution in [-0.2, 0) is 6.54 Å². The number of para-hydroxylation sites is 1. The van der Waals surface area contributed by atoms with Crippen molar-refractivity contribution in [3.05, 3.63) is 89.6 Å². The lowest BCUT2D eigenvalue weighted by Crippen LogP contribution is -2.47. The number of aryl methyl sites for hydroxylation is 1. The Bertz CT molecular complexity index is 1390. The van der Waals surface area contributed by atoms with Crippen LogP contribution in [0.2, 0.25) is 0 Å². The van der Waals surface area contributed by atoms with E-state index < -0.39 is 0 Å². The highest BCUT2D eigenvalue weighted by molar-refractivity contribution is 5.98. The second-order valence-electron chi connectivity index (χ2n) is 10.7. The van der Waals surface area contributed by atoms with Gasteiger partial charge in [-0.05, 0) is 54.4 Å². The molecule has 6 nitrogen and oxygen atoms in total. The van der Waals surface area contributed by atoms with Crippen LogP contribution in [0.15, 0.2) is 72.8 Å². The van der Waals surface area contributed by atoms with Crippen LogP contribution in [0.3, 0.4) is 0 Å². The monoisotopic (exact) mass is 509 g/mol. The molecule has 0 N–H and O–H groups in total. The molecule has 1 aliphatic heterocycles. The Morgan fingerprint density at radius 1 is 0.921 bits per heavy atom. The van der Waals surface area contributed by atoms with E-state index in [2.05, 4.69) is 78.6 Å². The number of benzene rings is 3. The van der Waals surface area contributed by atoms with Crippen molar-refractivity contribution < 1.29 is 4.79 Å². The third-order valence-corrected chi connectivity index (χ3v) is 7.50. The first-order valence-electron chi connectivity index (χ1n) is 13.8. The Hall–Kier alpha value is -3.64. The van der Waals surface area contributed by atoms with Gasteiger partial charge in [0, 0.05) is 43.9 Å². The molecule has 0 radical (unpaired) electrons. The van der Waals surface area contributed by atoms with E-state index >= 15 is 0 Å². The maximum Gasteiger partial charge on any atom is 0.254 e. The fourth-order valence-corrected chi connectivity index (χ4v) is 5.44. The fraction of sp³-hybridized carbons (Fsp3) is 0.375. The molecule has 0 aliphatic carbocycles. The largest absolute Gasteiger partial charge is 0.354 e. The number of carbonyl (C=O) groups excluding carboxylic acids is 1. The van der Waals surface area contributed by atoms with Gasteiger partial charge < -0.3 is 14.7 Å². The third kappa shape index (κ3) is 5.46. The molecule has 6 heteroatoms. The maximum absolute atomic E-state index is 14.0. The number of piperazine rings is 1. The van der Waals surface area contributed by atoms with Crippen LogP contribution >= 0.6 is 0 Å². The molecule has 0 spiro atoms. The van der Waals surface area contributed by atoms with E-state index in [0.717, 1.165) is 71.8 Å². The van der Waals surface area contributed by atoms with Crippen LogP contribution in [-0.4, -0.2) is 64.8 Å². The Labute approximate surface area is 226 Å². The molecule has 4 aromatic rings. The topological polar surface area (TPSA) is 44.6 Å². The number of amides is 1. The summed E-state index contributed by atoms with van der Waals surface area (Å²) in [5.41, 5.74) is 3.89. The van der Waals surface area contributed by atoms with Crippen LogP contribution in [0.1, 0.15) is 42.4 Å². The molecule has 5 rings (SSSR count). The number of fused-ring (bicyclic) bond motifs is 1. The lowest BCUT2D eigenvalue weighted by atomic mass is 10.0. The van der Waals surface area contributed by atoms with E-state index in [1.807, 2.05) is 41.3 Å². The smallest absolute Gasteiger partial charge is 0.254 e. The van der Waals surface area contributed by atoms with Gasteiger partial charge in [0.15, 0.2) is 0 Å². The number of rotatable bonds is 8. The van der Waals surface area contributed by atoms with Gasteiger partial charge in [-0.15, -0.1) is 0 Å². The summed E-state index contributed by atoms with van der Waals surface area (Å²) in [4.78, 5) is 20.9. The van der Waals surface area contributed by atoms with E-state index in [4.69, 9.17) is 5.10 Å². The molecule has 0 unspecified atom stereocenters. The van der Waals surface area contributed by atoms with E-state index in [0.29, 0.717) is 19.0 Å². The average molecular weight is 510 g/mol. The molecule has 38 heavy (non-hydrogen) atoms. The van der Waals surface area contributed by atoms with Crippen molar-refractivity contribution in [1.29, 1.82) is 0 Å². The molecule has 1 aliphatic rings. The minimum Gasteiger partial charge on any atom is -0.354 e. The van der Waals surface area contributed by atoms with Crippen molar-refractivity contribution in [3.8, 4) is 5.69 Å². The quantitative estimate of drug-likeness (QED) is 0.302. The Kier molecular flexibility index (Phi) is 7.79. The zero-order valence-corrected chi connectivity index (χ0v) is 23.1. The summed E-state index contributed by atoms with van der Waals surface area (Å²) in [5, 5.41) is 7.26.